The van der Waals surface area contributed by atoms with Gasteiger partial charge in [0.2, 0.25) is 0 Å². The highest BCUT2D eigenvalue weighted by molar-refractivity contribution is 5.98. The maximum absolute atomic E-state index is 13.3. The molecule has 27 heavy (non-hydrogen) atoms. The number of primary amides is 1. The van der Waals surface area contributed by atoms with Gasteiger partial charge < -0.3 is 16.4 Å². The highest BCUT2D eigenvalue weighted by Gasteiger charge is 2.11. The van der Waals surface area contributed by atoms with Crippen LogP contribution in [0.25, 0.3) is 0 Å². The van der Waals surface area contributed by atoms with Crippen LogP contribution in [0.1, 0.15) is 21.5 Å². The summed E-state index contributed by atoms with van der Waals surface area (Å²) in [5.41, 5.74) is 8.31. The Morgan fingerprint density at radius 3 is 2.52 bits per heavy atom. The summed E-state index contributed by atoms with van der Waals surface area (Å²) in [4.78, 5) is 15.9. The summed E-state index contributed by atoms with van der Waals surface area (Å²) >= 11 is 0. The Morgan fingerprint density at radius 2 is 1.85 bits per heavy atom. The molecule has 1 amide bonds. The molecule has 3 rings (SSSR count). The lowest BCUT2D eigenvalue weighted by Crippen LogP contribution is -2.15. The molecule has 0 aliphatic carbocycles. The minimum atomic E-state index is -0.668. The van der Waals surface area contributed by atoms with Crippen molar-refractivity contribution in [1.29, 1.82) is 0 Å². The Balaban J connectivity index is 1.84. The molecule has 3 aromatic rings. The second-order valence-corrected chi connectivity index (χ2v) is 6.11. The number of hydrogen-bond acceptors (Lipinski definition) is 4. The number of carbonyl (C=O) groups excluding carboxylic acids is 1. The summed E-state index contributed by atoms with van der Waals surface area (Å²) in [6, 6.07) is 12.6. The van der Waals surface area contributed by atoms with Gasteiger partial charge in [0.15, 0.2) is 0 Å². The molecule has 4 N–H and O–H groups in total. The Kier molecular flexibility index (Phi) is 5.30. The molecule has 1 aromatic heterocycles. The lowest BCUT2D eigenvalue weighted by Gasteiger charge is -2.13. The van der Waals surface area contributed by atoms with Gasteiger partial charge in [-0.2, -0.15) is 0 Å². The number of halogens is 2. The van der Waals surface area contributed by atoms with Gasteiger partial charge in [0.1, 0.15) is 17.5 Å². The van der Waals surface area contributed by atoms with Crippen LogP contribution in [-0.2, 0) is 6.54 Å². The molecule has 0 aliphatic heterocycles. The summed E-state index contributed by atoms with van der Waals surface area (Å²) in [5, 5.41) is 6.13. The van der Waals surface area contributed by atoms with Gasteiger partial charge >= 0.3 is 0 Å². The summed E-state index contributed by atoms with van der Waals surface area (Å²) < 4.78 is 26.7. The number of hydrogen-bond donors (Lipinski definition) is 3. The zero-order valence-corrected chi connectivity index (χ0v) is 14.6. The number of nitrogens with two attached hydrogens (primary N) is 1. The number of pyridine rings is 1. The van der Waals surface area contributed by atoms with Crippen LogP contribution in [0.15, 0.2) is 54.7 Å². The fourth-order valence-corrected chi connectivity index (χ4v) is 2.65. The molecule has 1 heterocycles. The molecule has 5 nitrogen and oxygen atoms in total. The van der Waals surface area contributed by atoms with Gasteiger partial charge in [-0.15, -0.1) is 0 Å². The van der Waals surface area contributed by atoms with Crippen LogP contribution in [0.3, 0.4) is 0 Å². The fourth-order valence-electron chi connectivity index (χ4n) is 2.65. The number of rotatable bonds is 6. The van der Waals surface area contributed by atoms with Crippen molar-refractivity contribution in [3.63, 3.8) is 0 Å². The molecule has 0 bridgehead atoms. The van der Waals surface area contributed by atoms with Crippen LogP contribution in [-0.4, -0.2) is 10.9 Å². The van der Waals surface area contributed by atoms with Crippen LogP contribution in [0.2, 0.25) is 0 Å². The van der Waals surface area contributed by atoms with Crippen molar-refractivity contribution in [2.24, 2.45) is 5.73 Å². The molecular formula is C20H18F2N4O. The van der Waals surface area contributed by atoms with E-state index in [9.17, 15) is 13.6 Å². The summed E-state index contributed by atoms with van der Waals surface area (Å²) in [6.07, 6.45) is 1.36. The Morgan fingerprint density at radius 1 is 1.11 bits per heavy atom. The van der Waals surface area contributed by atoms with E-state index in [1.54, 1.807) is 6.07 Å². The van der Waals surface area contributed by atoms with Crippen molar-refractivity contribution in [3.05, 3.63) is 83.1 Å². The minimum absolute atomic E-state index is 0.114. The van der Waals surface area contributed by atoms with E-state index in [0.29, 0.717) is 17.1 Å². The van der Waals surface area contributed by atoms with E-state index in [1.807, 2.05) is 31.2 Å². The number of nitrogens with one attached hydrogen (secondary N) is 2. The summed E-state index contributed by atoms with van der Waals surface area (Å²) in [6.45, 7) is 2.09. The van der Waals surface area contributed by atoms with Gasteiger partial charge in [-0.25, -0.2) is 13.8 Å². The molecule has 0 fully saturated rings. The average Bonchev–Trinajstić information content (AvgIpc) is 2.59. The first kappa shape index (κ1) is 18.3. The molecule has 138 valence electrons. The van der Waals surface area contributed by atoms with Gasteiger partial charge in [0.25, 0.3) is 5.91 Å². The maximum atomic E-state index is 13.3. The van der Waals surface area contributed by atoms with Crippen molar-refractivity contribution in [1.82, 2.24) is 4.98 Å². The Labute approximate surface area is 155 Å². The molecule has 0 saturated carbocycles. The second kappa shape index (κ2) is 7.82. The van der Waals surface area contributed by atoms with Crippen LogP contribution in [0, 0.1) is 18.6 Å². The Hall–Kier alpha value is -3.48. The van der Waals surface area contributed by atoms with Gasteiger partial charge in [-0.05, 0) is 42.3 Å². The van der Waals surface area contributed by atoms with E-state index in [1.165, 1.54) is 18.3 Å². The molecular weight excluding hydrogens is 350 g/mol. The first-order valence-electron chi connectivity index (χ1n) is 8.23. The molecule has 0 spiro atoms. The second-order valence-electron chi connectivity index (χ2n) is 6.11. The quantitative estimate of drug-likeness (QED) is 0.611. The van der Waals surface area contributed by atoms with Gasteiger partial charge in [-0.1, -0.05) is 12.1 Å². The standard InChI is InChI=1S/C20H18F2N4O/c1-12-3-2-4-16(5-12)26-19-9-18(17(11-25-19)20(23)27)24-10-13-6-14(21)8-15(22)7-13/h2-9,11H,10H2,1H3,(H2,23,27)(H2,24,25,26). The largest absolute Gasteiger partial charge is 0.380 e. The Bertz CT molecular complexity index is 971. The van der Waals surface area contributed by atoms with Gasteiger partial charge in [0, 0.05) is 30.6 Å². The smallest absolute Gasteiger partial charge is 0.252 e. The van der Waals surface area contributed by atoms with E-state index < -0.39 is 17.5 Å². The predicted octanol–water partition coefficient (Wildman–Crippen LogP) is 4.12. The number of anilines is 3. The molecule has 0 saturated heterocycles. The zero-order chi connectivity index (χ0) is 19.4. The number of carbonyl (C=O) groups is 1. The van der Waals surface area contributed by atoms with Crippen molar-refractivity contribution in [2.45, 2.75) is 13.5 Å². The topological polar surface area (TPSA) is 80.0 Å². The first-order chi connectivity index (χ1) is 12.9. The lowest BCUT2D eigenvalue weighted by atomic mass is 10.1. The number of aryl methyl sites for hydroxylation is 1. The maximum Gasteiger partial charge on any atom is 0.252 e. The number of nitrogens with zero attached hydrogens (tertiary/aromatic N) is 1. The van der Waals surface area contributed by atoms with E-state index in [4.69, 9.17) is 5.73 Å². The van der Waals surface area contributed by atoms with Crippen LogP contribution in [0.5, 0.6) is 0 Å². The zero-order valence-electron chi connectivity index (χ0n) is 14.6. The number of amides is 1. The van der Waals surface area contributed by atoms with Gasteiger partial charge in [-0.3, -0.25) is 4.79 Å². The highest BCUT2D eigenvalue weighted by atomic mass is 19.1. The summed E-state index contributed by atoms with van der Waals surface area (Å²) in [5.74, 6) is -1.49. The number of benzene rings is 2. The van der Waals surface area contributed by atoms with Crippen molar-refractivity contribution >= 4 is 23.1 Å². The SMILES string of the molecule is Cc1cccc(Nc2cc(NCc3cc(F)cc(F)c3)c(C(N)=O)cn2)c1. The third kappa shape index (κ3) is 4.78. The lowest BCUT2D eigenvalue weighted by molar-refractivity contribution is 0.100. The molecule has 0 atom stereocenters. The fraction of sp³-hybridized carbons (Fsp3) is 0.100. The molecule has 2 aromatic carbocycles. The monoisotopic (exact) mass is 368 g/mol. The van der Waals surface area contributed by atoms with E-state index >= 15 is 0 Å². The first-order valence-corrected chi connectivity index (χ1v) is 8.23. The molecule has 0 unspecified atom stereocenters. The van der Waals surface area contributed by atoms with Crippen molar-refractivity contribution < 1.29 is 13.6 Å². The highest BCUT2D eigenvalue weighted by Crippen LogP contribution is 2.23. The molecule has 7 heteroatoms. The molecule has 0 aliphatic rings. The summed E-state index contributed by atoms with van der Waals surface area (Å²) in [7, 11) is 0. The predicted molar refractivity (Wildman–Crippen MR) is 101 cm³/mol. The van der Waals surface area contributed by atoms with E-state index in [-0.39, 0.29) is 12.1 Å². The normalized spacial score (nSPS) is 10.5. The van der Waals surface area contributed by atoms with E-state index in [2.05, 4.69) is 15.6 Å². The minimum Gasteiger partial charge on any atom is -0.380 e. The third-order valence-electron chi connectivity index (χ3n) is 3.87. The van der Waals surface area contributed by atoms with Crippen LogP contribution >= 0.6 is 0 Å². The molecule has 0 radical (unpaired) electrons. The number of aromatic nitrogens is 1. The van der Waals surface area contributed by atoms with Crippen molar-refractivity contribution in [2.75, 3.05) is 10.6 Å². The third-order valence-corrected chi connectivity index (χ3v) is 3.87. The van der Waals surface area contributed by atoms with Gasteiger partial charge in [0.05, 0.1) is 11.3 Å². The average molecular weight is 368 g/mol. The van der Waals surface area contributed by atoms with E-state index in [0.717, 1.165) is 17.3 Å². The van der Waals surface area contributed by atoms with Crippen molar-refractivity contribution in [3.8, 4) is 0 Å². The van der Waals surface area contributed by atoms with Crippen LogP contribution < -0.4 is 16.4 Å². The van der Waals surface area contributed by atoms with Crippen LogP contribution in [0.4, 0.5) is 26.0 Å².